The minimum Gasteiger partial charge on any atom is -0.494 e. The quantitative estimate of drug-likeness (QED) is 0.0433. The van der Waals surface area contributed by atoms with Gasteiger partial charge in [0.15, 0.2) is 17.4 Å². The van der Waals surface area contributed by atoms with Crippen LogP contribution in [0.4, 0.5) is 25.1 Å². The van der Waals surface area contributed by atoms with Gasteiger partial charge >= 0.3 is 12.1 Å². The first-order chi connectivity index (χ1) is 30.1. The molecule has 0 bridgehead atoms. The highest BCUT2D eigenvalue weighted by atomic mass is 19.1. The number of pyridine rings is 1. The summed E-state index contributed by atoms with van der Waals surface area (Å²) in [5.74, 6) is -1.78. The van der Waals surface area contributed by atoms with Crippen molar-refractivity contribution >= 4 is 40.4 Å². The molecule has 0 spiro atoms. The van der Waals surface area contributed by atoms with E-state index in [-0.39, 0.29) is 49.9 Å². The van der Waals surface area contributed by atoms with Crippen molar-refractivity contribution < 1.29 is 42.1 Å². The molecule has 2 atom stereocenters. The standard InChI is InChI=1S/C45H57F2N9O7/c1-9-60-30-22-33(46)32(34(47)23-30)26-56-37-17-11-10-15-31(37)39(55-56)41-50-25-38(40(54-41)52-36-21-28(3)49-24-27(36)2)61-19-14-20-62-43(58)29(4)51-42(57)35(16-12-13-18-48-8)53-44(59)63-45(5,6)7/h10-11,15,17,21-25,29,35,48H,9,12-14,16,18-20,26H2,1-8H3,(H,51,57)(H,53,59)(H,49,50,52,54)/t29?,35-/m0/s1. The minimum atomic E-state index is -0.999. The maximum Gasteiger partial charge on any atom is 0.408 e. The number of unbranched alkanes of at least 4 members (excludes halogenated alkanes) is 1. The third kappa shape index (κ3) is 13.5. The van der Waals surface area contributed by atoms with E-state index in [9.17, 15) is 14.4 Å². The summed E-state index contributed by atoms with van der Waals surface area (Å²) in [5, 5.41) is 17.1. The molecule has 0 aliphatic carbocycles. The molecule has 4 N–H and O–H groups in total. The summed E-state index contributed by atoms with van der Waals surface area (Å²) >= 11 is 0. The molecule has 0 aliphatic heterocycles. The van der Waals surface area contributed by atoms with Crippen molar-refractivity contribution in [2.45, 2.75) is 98.4 Å². The molecule has 16 nitrogen and oxygen atoms in total. The third-order valence-corrected chi connectivity index (χ3v) is 9.53. The monoisotopic (exact) mass is 873 g/mol. The number of fused-ring (bicyclic) bond motifs is 1. The van der Waals surface area contributed by atoms with Crippen LogP contribution in [-0.4, -0.2) is 93.8 Å². The first-order valence-corrected chi connectivity index (χ1v) is 20.9. The second kappa shape index (κ2) is 22.1. The molecule has 18 heteroatoms. The molecule has 0 fully saturated rings. The van der Waals surface area contributed by atoms with Crippen LogP contribution in [0, 0.1) is 25.5 Å². The van der Waals surface area contributed by atoms with Gasteiger partial charge in [0, 0.05) is 47.1 Å². The molecule has 0 saturated heterocycles. The Bertz CT molecular complexity index is 2350. The number of carbonyl (C=O) groups excluding carboxylic acids is 3. The molecule has 0 aliphatic rings. The Morgan fingerprint density at radius 3 is 2.38 bits per heavy atom. The van der Waals surface area contributed by atoms with E-state index in [1.54, 1.807) is 46.0 Å². The molecule has 3 heterocycles. The van der Waals surface area contributed by atoms with Crippen LogP contribution in [0.2, 0.25) is 0 Å². The van der Waals surface area contributed by atoms with Gasteiger partial charge in [-0.05, 0) is 99.0 Å². The highest BCUT2D eigenvalue weighted by molar-refractivity contribution is 5.92. The van der Waals surface area contributed by atoms with Crippen molar-refractivity contribution in [3.8, 4) is 23.0 Å². The zero-order valence-electron chi connectivity index (χ0n) is 37.1. The zero-order valence-corrected chi connectivity index (χ0v) is 37.1. The lowest BCUT2D eigenvalue weighted by molar-refractivity contribution is -0.147. The number of nitrogens with zero attached hydrogens (tertiary/aromatic N) is 5. The van der Waals surface area contributed by atoms with Crippen molar-refractivity contribution in [1.29, 1.82) is 0 Å². The number of para-hydroxylation sites is 1. The van der Waals surface area contributed by atoms with E-state index in [1.807, 2.05) is 39.1 Å². The molecule has 338 valence electrons. The molecule has 3 aromatic heterocycles. The van der Waals surface area contributed by atoms with Crippen LogP contribution in [0.15, 0.2) is 54.9 Å². The smallest absolute Gasteiger partial charge is 0.408 e. The summed E-state index contributed by atoms with van der Waals surface area (Å²) in [6.45, 7) is 13.1. The highest BCUT2D eigenvalue weighted by Gasteiger charge is 2.27. The number of esters is 1. The van der Waals surface area contributed by atoms with E-state index >= 15 is 8.78 Å². The number of rotatable bonds is 21. The van der Waals surface area contributed by atoms with Gasteiger partial charge in [0.25, 0.3) is 0 Å². The number of carbonyl (C=O) groups is 3. The van der Waals surface area contributed by atoms with Crippen molar-refractivity contribution in [3.63, 3.8) is 0 Å². The number of hydrogen-bond acceptors (Lipinski definition) is 13. The van der Waals surface area contributed by atoms with E-state index < -0.39 is 47.3 Å². The lowest BCUT2D eigenvalue weighted by Crippen LogP contribution is -2.51. The van der Waals surface area contributed by atoms with E-state index in [4.69, 9.17) is 29.0 Å². The summed E-state index contributed by atoms with van der Waals surface area (Å²) in [4.78, 5) is 52.4. The number of anilines is 2. The zero-order chi connectivity index (χ0) is 45.7. The molecule has 5 aromatic rings. The summed E-state index contributed by atoms with van der Waals surface area (Å²) in [6, 6.07) is 9.52. The van der Waals surface area contributed by atoms with Crippen LogP contribution in [0.25, 0.3) is 22.4 Å². The molecule has 2 amide bonds. The van der Waals surface area contributed by atoms with E-state index in [0.717, 1.165) is 42.0 Å². The van der Waals surface area contributed by atoms with Gasteiger partial charge in [0.1, 0.15) is 40.8 Å². The normalized spacial score (nSPS) is 12.3. The average Bonchev–Trinajstić information content (AvgIpc) is 3.59. The minimum absolute atomic E-state index is 0.0218. The second-order valence-corrected chi connectivity index (χ2v) is 15.9. The van der Waals surface area contributed by atoms with Gasteiger partial charge in [-0.2, -0.15) is 5.10 Å². The Morgan fingerprint density at radius 2 is 1.67 bits per heavy atom. The van der Waals surface area contributed by atoms with Crippen LogP contribution in [0.3, 0.4) is 0 Å². The fourth-order valence-electron chi connectivity index (χ4n) is 6.39. The lowest BCUT2D eigenvalue weighted by atomic mass is 10.1. The van der Waals surface area contributed by atoms with Crippen LogP contribution in [0.5, 0.6) is 11.5 Å². The fraction of sp³-hybridized carbons (Fsp3) is 0.444. The van der Waals surface area contributed by atoms with Crippen LogP contribution < -0.4 is 30.7 Å². The fourth-order valence-corrected chi connectivity index (χ4v) is 6.39. The van der Waals surface area contributed by atoms with Crippen LogP contribution in [-0.2, 0) is 25.6 Å². The molecule has 0 saturated carbocycles. The van der Waals surface area contributed by atoms with Gasteiger partial charge in [-0.3, -0.25) is 14.5 Å². The number of ether oxygens (including phenoxy) is 4. The van der Waals surface area contributed by atoms with Gasteiger partial charge in [0.2, 0.25) is 5.91 Å². The van der Waals surface area contributed by atoms with Gasteiger partial charge in [-0.1, -0.05) is 18.2 Å². The second-order valence-electron chi connectivity index (χ2n) is 15.9. The Hall–Kier alpha value is -6.43. The lowest BCUT2D eigenvalue weighted by Gasteiger charge is -2.24. The number of alkyl carbamates (subject to hydrolysis) is 1. The SMILES string of the molecule is CCOc1cc(F)c(Cn2nc(-c3ncc(OCCCOC(=O)C(C)NC(=O)[C@H](CCCCNC)NC(=O)OC(C)(C)C)c(Nc4cc(C)ncc4C)n3)c3ccccc32)c(F)c1. The Morgan fingerprint density at radius 1 is 0.921 bits per heavy atom. The molecule has 1 unspecified atom stereocenters. The summed E-state index contributed by atoms with van der Waals surface area (Å²) in [5.41, 5.74) is 2.39. The van der Waals surface area contributed by atoms with E-state index in [0.29, 0.717) is 41.0 Å². The number of hydrogen-bond donors (Lipinski definition) is 4. The van der Waals surface area contributed by atoms with Crippen molar-refractivity contribution in [1.82, 2.24) is 40.7 Å². The molecule has 5 rings (SSSR count). The number of benzene rings is 2. The molecular weight excluding hydrogens is 817 g/mol. The van der Waals surface area contributed by atoms with Gasteiger partial charge in [0.05, 0.1) is 38.1 Å². The molecule has 0 radical (unpaired) electrons. The topological polar surface area (TPSA) is 193 Å². The maximum atomic E-state index is 15.2. The molecular formula is C45H57F2N9O7. The van der Waals surface area contributed by atoms with Crippen molar-refractivity contribution in [2.24, 2.45) is 0 Å². The summed E-state index contributed by atoms with van der Waals surface area (Å²) in [6.07, 6.45) is 4.56. The average molecular weight is 874 g/mol. The van der Waals surface area contributed by atoms with Crippen molar-refractivity contribution in [3.05, 3.63) is 83.3 Å². The summed E-state index contributed by atoms with van der Waals surface area (Å²) in [7, 11) is 1.83. The highest BCUT2D eigenvalue weighted by Crippen LogP contribution is 2.33. The third-order valence-electron chi connectivity index (χ3n) is 9.53. The van der Waals surface area contributed by atoms with Crippen LogP contribution in [0.1, 0.15) is 77.1 Å². The number of aryl methyl sites for hydroxylation is 2. The summed E-state index contributed by atoms with van der Waals surface area (Å²) < 4.78 is 54.1. The Kier molecular flexibility index (Phi) is 16.7. The number of aromatic nitrogens is 5. The number of amides is 2. The Labute approximate surface area is 365 Å². The van der Waals surface area contributed by atoms with Crippen LogP contribution >= 0.6 is 0 Å². The largest absolute Gasteiger partial charge is 0.494 e. The Balaban J connectivity index is 1.27. The number of halogens is 2. The van der Waals surface area contributed by atoms with Crippen molar-refractivity contribution in [2.75, 3.05) is 38.7 Å². The molecule has 63 heavy (non-hydrogen) atoms. The maximum absolute atomic E-state index is 15.2. The van der Waals surface area contributed by atoms with E-state index in [1.165, 1.54) is 17.8 Å². The molecule has 2 aromatic carbocycles. The van der Waals surface area contributed by atoms with Gasteiger partial charge < -0.3 is 40.2 Å². The predicted molar refractivity (Wildman–Crippen MR) is 234 cm³/mol. The van der Waals surface area contributed by atoms with E-state index in [2.05, 4.69) is 31.2 Å². The first-order valence-electron chi connectivity index (χ1n) is 20.9. The first kappa shape index (κ1) is 47.6. The van der Waals surface area contributed by atoms with Gasteiger partial charge in [-0.25, -0.2) is 28.3 Å². The van der Waals surface area contributed by atoms with Gasteiger partial charge in [-0.15, -0.1) is 0 Å². The number of nitrogens with one attached hydrogen (secondary N) is 4. The predicted octanol–water partition coefficient (Wildman–Crippen LogP) is 7.07.